The standard InChI is InChI=1S/C23H24ClNO5S/c1-28-18-7-9-21(29-2)16(13-18)11-12-25-23(26)22-10-8-19(30-22)15-31(27)14-17-5-3-4-6-20(17)24/h3-10,13H,11-12,14-15H2,1-2H3,(H,25,26). The van der Waals surface area contributed by atoms with Crippen LogP contribution in [0, 0.1) is 0 Å². The number of hydrogen-bond donors (Lipinski definition) is 1. The molecule has 164 valence electrons. The van der Waals surface area contributed by atoms with Gasteiger partial charge in [-0.15, -0.1) is 0 Å². The lowest BCUT2D eigenvalue weighted by Gasteiger charge is -2.10. The lowest BCUT2D eigenvalue weighted by Crippen LogP contribution is -2.25. The molecular weight excluding hydrogens is 438 g/mol. The third-order valence-electron chi connectivity index (χ3n) is 4.63. The lowest BCUT2D eigenvalue weighted by atomic mass is 10.1. The van der Waals surface area contributed by atoms with Crippen molar-refractivity contribution in [3.8, 4) is 11.5 Å². The molecule has 0 spiro atoms. The fraction of sp³-hybridized carbons (Fsp3) is 0.261. The molecule has 0 aliphatic rings. The van der Waals surface area contributed by atoms with Crippen molar-refractivity contribution in [2.24, 2.45) is 0 Å². The summed E-state index contributed by atoms with van der Waals surface area (Å²) in [6, 6.07) is 16.1. The molecule has 0 aliphatic carbocycles. The number of furan rings is 1. The highest BCUT2D eigenvalue weighted by Gasteiger charge is 2.14. The van der Waals surface area contributed by atoms with Gasteiger partial charge in [0.15, 0.2) is 5.76 Å². The topological polar surface area (TPSA) is 77.8 Å². The average molecular weight is 462 g/mol. The zero-order valence-corrected chi connectivity index (χ0v) is 18.9. The minimum atomic E-state index is -1.21. The molecule has 1 N–H and O–H groups in total. The monoisotopic (exact) mass is 461 g/mol. The molecule has 6 nitrogen and oxygen atoms in total. The molecule has 0 radical (unpaired) electrons. The van der Waals surface area contributed by atoms with E-state index in [0.717, 1.165) is 22.6 Å². The SMILES string of the molecule is COc1ccc(OC)c(CCNC(=O)c2ccc(CS(=O)Cc3ccccc3Cl)o2)c1. The fourth-order valence-corrected chi connectivity index (χ4v) is 4.51. The van der Waals surface area contributed by atoms with Gasteiger partial charge in [0.25, 0.3) is 5.91 Å². The van der Waals surface area contributed by atoms with E-state index in [2.05, 4.69) is 5.32 Å². The summed E-state index contributed by atoms with van der Waals surface area (Å²) >= 11 is 6.12. The Balaban J connectivity index is 1.52. The molecule has 8 heteroatoms. The van der Waals surface area contributed by atoms with Crippen LogP contribution in [-0.2, 0) is 28.7 Å². The highest BCUT2D eigenvalue weighted by molar-refractivity contribution is 7.83. The Morgan fingerprint density at radius 1 is 1.03 bits per heavy atom. The number of benzene rings is 2. The molecule has 1 heterocycles. The summed E-state index contributed by atoms with van der Waals surface area (Å²) in [5.41, 5.74) is 1.75. The maximum Gasteiger partial charge on any atom is 0.287 e. The van der Waals surface area contributed by atoms with Crippen LogP contribution in [0.15, 0.2) is 59.0 Å². The number of rotatable bonds is 10. The van der Waals surface area contributed by atoms with Gasteiger partial charge in [-0.05, 0) is 53.9 Å². The third-order valence-corrected chi connectivity index (χ3v) is 6.24. The highest BCUT2D eigenvalue weighted by atomic mass is 35.5. The Hall–Kier alpha value is -2.77. The van der Waals surface area contributed by atoms with Gasteiger partial charge in [0.05, 0.1) is 25.7 Å². The maximum atomic E-state index is 12.4. The molecule has 3 aromatic rings. The van der Waals surface area contributed by atoms with Crippen molar-refractivity contribution in [3.63, 3.8) is 0 Å². The predicted octanol–water partition coefficient (Wildman–Crippen LogP) is 4.37. The van der Waals surface area contributed by atoms with Gasteiger partial charge < -0.3 is 19.2 Å². The van der Waals surface area contributed by atoms with E-state index in [1.807, 2.05) is 36.4 Å². The average Bonchev–Trinajstić information content (AvgIpc) is 3.23. The fourth-order valence-electron chi connectivity index (χ4n) is 3.05. The second-order valence-corrected chi connectivity index (χ2v) is 8.63. The number of methoxy groups -OCH3 is 2. The second-order valence-electron chi connectivity index (χ2n) is 6.77. The van der Waals surface area contributed by atoms with Gasteiger partial charge in [-0.2, -0.15) is 0 Å². The van der Waals surface area contributed by atoms with Gasteiger partial charge in [0.1, 0.15) is 17.3 Å². The van der Waals surface area contributed by atoms with Crippen LogP contribution in [-0.4, -0.2) is 30.9 Å². The Morgan fingerprint density at radius 2 is 1.84 bits per heavy atom. The Labute approximate surface area is 189 Å². The van der Waals surface area contributed by atoms with Crippen LogP contribution >= 0.6 is 11.6 Å². The first-order chi connectivity index (χ1) is 15.0. The number of hydrogen-bond acceptors (Lipinski definition) is 5. The Bertz CT molecular complexity index is 1070. The number of carbonyl (C=O) groups excluding carboxylic acids is 1. The molecule has 0 fully saturated rings. The van der Waals surface area contributed by atoms with Crippen LogP contribution in [0.4, 0.5) is 0 Å². The Kier molecular flexibility index (Phi) is 8.14. The molecule has 0 aliphatic heterocycles. The van der Waals surface area contributed by atoms with Crippen LogP contribution in [0.5, 0.6) is 11.5 Å². The van der Waals surface area contributed by atoms with Crippen molar-refractivity contribution in [3.05, 3.63) is 82.3 Å². The van der Waals surface area contributed by atoms with Crippen molar-refractivity contribution in [2.75, 3.05) is 20.8 Å². The first kappa shape index (κ1) is 22.9. The van der Waals surface area contributed by atoms with E-state index in [1.54, 1.807) is 32.4 Å². The predicted molar refractivity (Wildman–Crippen MR) is 121 cm³/mol. The molecule has 1 aromatic heterocycles. The summed E-state index contributed by atoms with van der Waals surface area (Å²) in [5.74, 6) is 2.33. The van der Waals surface area contributed by atoms with E-state index < -0.39 is 10.8 Å². The van der Waals surface area contributed by atoms with Crippen molar-refractivity contribution >= 4 is 28.3 Å². The van der Waals surface area contributed by atoms with E-state index in [9.17, 15) is 9.00 Å². The summed E-state index contributed by atoms with van der Waals surface area (Å²) in [7, 11) is 2.00. The van der Waals surface area contributed by atoms with Crippen molar-refractivity contribution in [1.29, 1.82) is 0 Å². The number of ether oxygens (including phenoxy) is 2. The van der Waals surface area contributed by atoms with Crippen LogP contribution in [0.2, 0.25) is 5.02 Å². The Morgan fingerprint density at radius 3 is 2.58 bits per heavy atom. The van der Waals surface area contributed by atoms with Crippen molar-refractivity contribution < 1.29 is 22.9 Å². The molecule has 0 saturated carbocycles. The van der Waals surface area contributed by atoms with Crippen LogP contribution in [0.3, 0.4) is 0 Å². The van der Waals surface area contributed by atoms with E-state index in [-0.39, 0.29) is 17.4 Å². The zero-order valence-electron chi connectivity index (χ0n) is 17.4. The molecule has 31 heavy (non-hydrogen) atoms. The normalized spacial score (nSPS) is 11.7. The summed E-state index contributed by atoms with van der Waals surface area (Å²) in [6.07, 6.45) is 0.571. The zero-order chi connectivity index (χ0) is 22.2. The molecule has 3 rings (SSSR count). The third kappa shape index (κ3) is 6.35. The first-order valence-corrected chi connectivity index (χ1v) is 11.5. The number of amides is 1. The van der Waals surface area contributed by atoms with Gasteiger partial charge in [0, 0.05) is 22.4 Å². The van der Waals surface area contributed by atoms with E-state index in [0.29, 0.717) is 29.5 Å². The number of nitrogens with one attached hydrogen (secondary N) is 1. The van der Waals surface area contributed by atoms with Gasteiger partial charge in [-0.3, -0.25) is 9.00 Å². The first-order valence-electron chi connectivity index (χ1n) is 9.66. The maximum absolute atomic E-state index is 12.4. The minimum absolute atomic E-state index is 0.183. The number of carbonyl (C=O) groups is 1. The minimum Gasteiger partial charge on any atom is -0.497 e. The molecule has 1 atom stereocenters. The molecule has 0 saturated heterocycles. The molecule has 1 amide bonds. The van der Waals surface area contributed by atoms with E-state index >= 15 is 0 Å². The number of halogens is 1. The van der Waals surface area contributed by atoms with Crippen molar-refractivity contribution in [2.45, 2.75) is 17.9 Å². The van der Waals surface area contributed by atoms with Crippen LogP contribution < -0.4 is 14.8 Å². The summed E-state index contributed by atoms with van der Waals surface area (Å²) in [5, 5.41) is 3.41. The van der Waals surface area contributed by atoms with Gasteiger partial charge in [-0.25, -0.2) is 0 Å². The summed E-state index contributed by atoms with van der Waals surface area (Å²) in [6.45, 7) is 0.400. The van der Waals surface area contributed by atoms with Crippen LogP contribution in [0.25, 0.3) is 0 Å². The molecular formula is C23H24ClNO5S. The summed E-state index contributed by atoms with van der Waals surface area (Å²) < 4.78 is 28.6. The molecule has 1 unspecified atom stereocenters. The highest BCUT2D eigenvalue weighted by Crippen LogP contribution is 2.24. The van der Waals surface area contributed by atoms with Gasteiger partial charge in [-0.1, -0.05) is 29.8 Å². The summed E-state index contributed by atoms with van der Waals surface area (Å²) in [4.78, 5) is 12.4. The quantitative estimate of drug-likeness (QED) is 0.485. The lowest BCUT2D eigenvalue weighted by molar-refractivity contribution is 0.0925. The smallest absolute Gasteiger partial charge is 0.287 e. The van der Waals surface area contributed by atoms with E-state index in [1.165, 1.54) is 0 Å². The molecule has 2 aromatic carbocycles. The van der Waals surface area contributed by atoms with Crippen molar-refractivity contribution in [1.82, 2.24) is 5.32 Å². The largest absolute Gasteiger partial charge is 0.497 e. The van der Waals surface area contributed by atoms with Gasteiger partial charge in [0.2, 0.25) is 0 Å². The van der Waals surface area contributed by atoms with Crippen LogP contribution in [0.1, 0.15) is 27.4 Å². The van der Waals surface area contributed by atoms with Gasteiger partial charge >= 0.3 is 0 Å². The molecule has 0 bridgehead atoms. The van der Waals surface area contributed by atoms with E-state index in [4.69, 9.17) is 25.5 Å². The second kappa shape index (κ2) is 11.0.